The molecule has 41 heavy (non-hydrogen) atoms. The van der Waals surface area contributed by atoms with E-state index in [1.165, 1.54) is 10.6 Å². The van der Waals surface area contributed by atoms with Crippen LogP contribution in [0.2, 0.25) is 18.6 Å². The number of hydrogen-bond donors (Lipinski definition) is 2. The zero-order valence-electron chi connectivity index (χ0n) is 24.2. The average molecular weight is 576 g/mol. The van der Waals surface area contributed by atoms with Crippen LogP contribution in [0, 0.1) is 5.92 Å². The third kappa shape index (κ3) is 7.01. The minimum Gasteiger partial charge on any atom is -0.432 e. The summed E-state index contributed by atoms with van der Waals surface area (Å²) in [5, 5.41) is 23.6. The summed E-state index contributed by atoms with van der Waals surface area (Å²) in [7, 11) is -2.46. The minimum atomic E-state index is -2.46. The van der Waals surface area contributed by atoms with E-state index < -0.39 is 8.32 Å². The standard InChI is InChI=1S/C31H41N5O4Si/c1-22-28(40-29(31(22)41(2,3)39)17-19-35-21-25(18-20-37)32-34-35)15-11-23-9-12-26(13-10-23)36-30(38)16-14-27(33-36)24-7-5-4-6-8-24/h4-10,12-13,21-22,28-29,31,37,39H,11,14-20H2,1-3H3/t22-,28+,29-,31+/m1/s1. The van der Waals surface area contributed by atoms with E-state index >= 15 is 0 Å². The summed E-state index contributed by atoms with van der Waals surface area (Å²) < 4.78 is 8.40. The average Bonchev–Trinajstić information content (AvgIpc) is 3.55. The maximum absolute atomic E-state index is 12.7. The minimum absolute atomic E-state index is 0.00833. The SMILES string of the molecule is C[C@H]1[C@H]([Si](C)(C)O)[C@@H](CCn2cc(CCO)nn2)O[C@H]1CCc1ccc(N2N=C(c3ccccc3)CCC2=O)cc1. The Hall–Kier alpha value is -3.18. The molecule has 1 fully saturated rings. The summed E-state index contributed by atoms with van der Waals surface area (Å²) in [5.41, 5.74) is 4.85. The van der Waals surface area contributed by atoms with Gasteiger partial charge in [-0.05, 0) is 61.5 Å². The van der Waals surface area contributed by atoms with Gasteiger partial charge in [-0.3, -0.25) is 9.48 Å². The third-order valence-electron chi connectivity index (χ3n) is 8.35. The number of benzene rings is 2. The molecule has 0 spiro atoms. The van der Waals surface area contributed by atoms with Crippen molar-refractivity contribution in [1.29, 1.82) is 0 Å². The lowest BCUT2D eigenvalue weighted by Gasteiger charge is -2.30. The van der Waals surface area contributed by atoms with Crippen molar-refractivity contribution < 1.29 is 19.4 Å². The van der Waals surface area contributed by atoms with Gasteiger partial charge in [-0.2, -0.15) is 5.10 Å². The highest BCUT2D eigenvalue weighted by molar-refractivity contribution is 6.71. The first-order valence-corrected chi connectivity index (χ1v) is 17.7. The van der Waals surface area contributed by atoms with Crippen molar-refractivity contribution in [3.05, 3.63) is 77.6 Å². The Morgan fingerprint density at radius 1 is 1.00 bits per heavy atom. The zero-order chi connectivity index (χ0) is 29.0. The van der Waals surface area contributed by atoms with Gasteiger partial charge in [-0.1, -0.05) is 54.6 Å². The van der Waals surface area contributed by atoms with Gasteiger partial charge >= 0.3 is 0 Å². The molecule has 10 heteroatoms. The Kier molecular flexibility index (Phi) is 9.13. The fourth-order valence-electron chi connectivity index (χ4n) is 6.32. The van der Waals surface area contributed by atoms with Gasteiger partial charge in [0.15, 0.2) is 8.32 Å². The van der Waals surface area contributed by atoms with Gasteiger partial charge in [0.25, 0.3) is 0 Å². The van der Waals surface area contributed by atoms with Crippen LogP contribution in [0.3, 0.4) is 0 Å². The molecule has 4 atom stereocenters. The second-order valence-corrected chi connectivity index (χ2v) is 15.8. The highest BCUT2D eigenvalue weighted by Gasteiger charge is 2.49. The lowest BCUT2D eigenvalue weighted by Crippen LogP contribution is -2.40. The molecule has 1 amide bonds. The van der Waals surface area contributed by atoms with Gasteiger partial charge in [-0.15, -0.1) is 5.10 Å². The molecular weight excluding hydrogens is 534 g/mol. The smallest absolute Gasteiger partial charge is 0.247 e. The molecule has 2 aromatic carbocycles. The normalized spacial score (nSPS) is 23.2. The molecule has 1 saturated heterocycles. The van der Waals surface area contributed by atoms with Crippen LogP contribution in [-0.4, -0.2) is 63.6 Å². The van der Waals surface area contributed by atoms with E-state index in [1.807, 2.05) is 61.8 Å². The number of hydrogen-bond acceptors (Lipinski definition) is 7. The van der Waals surface area contributed by atoms with Crippen molar-refractivity contribution in [3.63, 3.8) is 0 Å². The van der Waals surface area contributed by atoms with Crippen LogP contribution < -0.4 is 5.01 Å². The van der Waals surface area contributed by atoms with Gasteiger partial charge in [0.2, 0.25) is 5.91 Å². The van der Waals surface area contributed by atoms with Crippen molar-refractivity contribution >= 4 is 25.6 Å². The molecule has 0 saturated carbocycles. The number of rotatable bonds is 11. The number of aromatic nitrogens is 3. The van der Waals surface area contributed by atoms with Crippen LogP contribution >= 0.6 is 0 Å². The third-order valence-corrected chi connectivity index (χ3v) is 10.9. The van der Waals surface area contributed by atoms with E-state index in [1.54, 1.807) is 4.68 Å². The fourth-order valence-corrected chi connectivity index (χ4v) is 8.98. The predicted molar refractivity (Wildman–Crippen MR) is 161 cm³/mol. The monoisotopic (exact) mass is 575 g/mol. The van der Waals surface area contributed by atoms with E-state index in [4.69, 9.17) is 9.84 Å². The first kappa shape index (κ1) is 29.3. The summed E-state index contributed by atoms with van der Waals surface area (Å²) in [6.07, 6.45) is 5.96. The number of aliphatic hydroxyl groups excluding tert-OH is 1. The van der Waals surface area contributed by atoms with Crippen LogP contribution in [0.5, 0.6) is 0 Å². The largest absolute Gasteiger partial charge is 0.432 e. The lowest BCUT2D eigenvalue weighted by atomic mass is 9.95. The molecule has 2 N–H and O–H groups in total. The molecule has 0 aliphatic carbocycles. The topological polar surface area (TPSA) is 113 Å². The van der Waals surface area contributed by atoms with Crippen LogP contribution in [0.15, 0.2) is 65.9 Å². The Morgan fingerprint density at radius 2 is 1.76 bits per heavy atom. The molecule has 218 valence electrons. The molecule has 3 aromatic rings. The Bertz CT molecular complexity index is 1340. The molecule has 3 heterocycles. The Morgan fingerprint density at radius 3 is 2.46 bits per heavy atom. The first-order valence-electron chi connectivity index (χ1n) is 14.7. The summed E-state index contributed by atoms with van der Waals surface area (Å²) in [6, 6.07) is 18.1. The second-order valence-electron chi connectivity index (χ2n) is 11.8. The Labute approximate surface area is 243 Å². The predicted octanol–water partition coefficient (Wildman–Crippen LogP) is 4.34. The van der Waals surface area contributed by atoms with E-state index in [2.05, 4.69) is 34.5 Å². The molecule has 1 aromatic heterocycles. The maximum atomic E-state index is 12.7. The number of ether oxygens (including phenoxy) is 1. The van der Waals surface area contributed by atoms with Gasteiger partial charge in [0.05, 0.1) is 29.3 Å². The van der Waals surface area contributed by atoms with Crippen LogP contribution in [-0.2, 0) is 28.9 Å². The molecule has 9 nitrogen and oxygen atoms in total. The van der Waals surface area contributed by atoms with Gasteiger partial charge < -0.3 is 14.6 Å². The van der Waals surface area contributed by atoms with Gasteiger partial charge in [0.1, 0.15) is 0 Å². The summed E-state index contributed by atoms with van der Waals surface area (Å²) in [6.45, 7) is 6.94. The molecule has 0 bridgehead atoms. The summed E-state index contributed by atoms with van der Waals surface area (Å²) in [4.78, 5) is 23.8. The summed E-state index contributed by atoms with van der Waals surface area (Å²) in [5.74, 6) is 0.261. The van der Waals surface area contributed by atoms with Crippen molar-refractivity contribution in [2.45, 2.75) is 82.8 Å². The lowest BCUT2D eigenvalue weighted by molar-refractivity contribution is -0.118. The number of carbonyl (C=O) groups excluding carboxylic acids is 1. The number of hydrazone groups is 1. The Balaban J connectivity index is 1.21. The van der Waals surface area contributed by atoms with Gasteiger partial charge in [0, 0.05) is 44.2 Å². The van der Waals surface area contributed by atoms with E-state index in [0.717, 1.165) is 41.9 Å². The molecular formula is C31H41N5O4Si. The fraction of sp³-hybridized carbons (Fsp3) is 0.484. The van der Waals surface area contributed by atoms with Crippen molar-refractivity contribution in [3.8, 4) is 0 Å². The number of carbonyl (C=O) groups is 1. The zero-order valence-corrected chi connectivity index (χ0v) is 25.2. The van der Waals surface area contributed by atoms with E-state index in [0.29, 0.717) is 25.8 Å². The molecule has 5 rings (SSSR count). The quantitative estimate of drug-likeness (QED) is 0.329. The second kappa shape index (κ2) is 12.8. The number of anilines is 1. The number of amides is 1. The van der Waals surface area contributed by atoms with Crippen molar-refractivity contribution in [2.24, 2.45) is 11.0 Å². The van der Waals surface area contributed by atoms with Crippen LogP contribution in [0.1, 0.15) is 49.4 Å². The highest BCUT2D eigenvalue weighted by Crippen LogP contribution is 2.45. The highest BCUT2D eigenvalue weighted by atomic mass is 28.4. The number of nitrogens with zero attached hydrogens (tertiary/aromatic N) is 5. The van der Waals surface area contributed by atoms with Crippen LogP contribution in [0.4, 0.5) is 5.69 Å². The first-order chi connectivity index (χ1) is 19.7. The molecule has 0 radical (unpaired) electrons. The van der Waals surface area contributed by atoms with Crippen molar-refractivity contribution in [2.75, 3.05) is 11.6 Å². The van der Waals surface area contributed by atoms with Crippen LogP contribution in [0.25, 0.3) is 0 Å². The van der Waals surface area contributed by atoms with Crippen molar-refractivity contribution in [1.82, 2.24) is 15.0 Å². The molecule has 2 aliphatic heterocycles. The molecule has 2 aliphatic rings. The summed E-state index contributed by atoms with van der Waals surface area (Å²) >= 11 is 0. The molecule has 0 unspecified atom stereocenters. The number of aryl methyl sites for hydroxylation is 2. The number of aliphatic hydroxyl groups is 1. The maximum Gasteiger partial charge on any atom is 0.247 e. The van der Waals surface area contributed by atoms with E-state index in [-0.39, 0.29) is 36.2 Å². The van der Waals surface area contributed by atoms with E-state index in [9.17, 15) is 9.59 Å². The van der Waals surface area contributed by atoms with Gasteiger partial charge in [-0.25, -0.2) is 5.01 Å².